The van der Waals surface area contributed by atoms with E-state index in [1.807, 2.05) is 6.92 Å². The van der Waals surface area contributed by atoms with Crippen LogP contribution in [0.3, 0.4) is 0 Å². The summed E-state index contributed by atoms with van der Waals surface area (Å²) in [7, 11) is 0. The molecule has 0 saturated heterocycles. The van der Waals surface area contributed by atoms with Crippen molar-refractivity contribution in [1.29, 1.82) is 0 Å². The van der Waals surface area contributed by atoms with Gasteiger partial charge in [0.05, 0.1) is 5.56 Å². The van der Waals surface area contributed by atoms with E-state index >= 15 is 0 Å². The lowest BCUT2D eigenvalue weighted by molar-refractivity contribution is -0.137. The van der Waals surface area contributed by atoms with Gasteiger partial charge in [-0.25, -0.2) is 4.39 Å². The number of nitrogens with one attached hydrogen (secondary N) is 1. The SMILES string of the molecule is CCCCN(C(=O)c1ccccc1F)c1nnc(-c2ccc(C(O)NCCCC(=O)O)cc2)s1. The van der Waals surface area contributed by atoms with E-state index in [-0.39, 0.29) is 12.0 Å². The quantitative estimate of drug-likeness (QED) is 0.259. The van der Waals surface area contributed by atoms with Gasteiger partial charge in [0, 0.05) is 18.5 Å². The smallest absolute Gasteiger partial charge is 0.303 e. The van der Waals surface area contributed by atoms with E-state index in [4.69, 9.17) is 5.11 Å². The van der Waals surface area contributed by atoms with Crippen LogP contribution < -0.4 is 10.2 Å². The Bertz CT molecular complexity index is 1110. The van der Waals surface area contributed by atoms with Crippen LogP contribution in [-0.4, -0.2) is 45.4 Å². The van der Waals surface area contributed by atoms with Gasteiger partial charge in [0.15, 0.2) is 0 Å². The minimum absolute atomic E-state index is 0.00968. The van der Waals surface area contributed by atoms with Crippen LogP contribution in [0.25, 0.3) is 10.6 Å². The van der Waals surface area contributed by atoms with Crippen molar-refractivity contribution in [1.82, 2.24) is 15.5 Å². The number of halogens is 1. The number of nitrogens with zero attached hydrogens (tertiary/aromatic N) is 3. The fourth-order valence-corrected chi connectivity index (χ4v) is 4.10. The third-order valence-corrected chi connectivity index (χ3v) is 6.10. The fraction of sp³-hybridized carbons (Fsp3) is 0.333. The maximum absolute atomic E-state index is 14.2. The zero-order valence-electron chi connectivity index (χ0n) is 18.8. The molecule has 10 heteroatoms. The van der Waals surface area contributed by atoms with Crippen molar-refractivity contribution in [3.63, 3.8) is 0 Å². The van der Waals surface area contributed by atoms with E-state index in [9.17, 15) is 19.1 Å². The highest BCUT2D eigenvalue weighted by Gasteiger charge is 2.24. The summed E-state index contributed by atoms with van der Waals surface area (Å²) in [5.41, 5.74) is 1.38. The van der Waals surface area contributed by atoms with Crippen LogP contribution in [0.5, 0.6) is 0 Å². The maximum Gasteiger partial charge on any atom is 0.303 e. The molecule has 3 aromatic rings. The molecule has 1 atom stereocenters. The molecule has 0 spiro atoms. The van der Waals surface area contributed by atoms with Crippen LogP contribution in [-0.2, 0) is 4.79 Å². The number of aliphatic hydroxyl groups excluding tert-OH is 1. The van der Waals surface area contributed by atoms with E-state index in [0.717, 1.165) is 18.4 Å². The number of hydrogen-bond donors (Lipinski definition) is 3. The molecule has 8 nitrogen and oxygen atoms in total. The molecule has 1 heterocycles. The second-order valence-electron chi connectivity index (χ2n) is 7.66. The number of hydrogen-bond acceptors (Lipinski definition) is 7. The van der Waals surface area contributed by atoms with Crippen molar-refractivity contribution in [2.45, 2.75) is 38.8 Å². The largest absolute Gasteiger partial charge is 0.481 e. The molecule has 3 rings (SSSR count). The lowest BCUT2D eigenvalue weighted by Crippen LogP contribution is -2.32. The lowest BCUT2D eigenvalue weighted by Gasteiger charge is -2.19. The van der Waals surface area contributed by atoms with Gasteiger partial charge in [-0.05, 0) is 37.1 Å². The number of aliphatic hydroxyl groups is 1. The summed E-state index contributed by atoms with van der Waals surface area (Å²) in [6.45, 7) is 2.78. The summed E-state index contributed by atoms with van der Waals surface area (Å²) >= 11 is 1.23. The first-order valence-electron chi connectivity index (χ1n) is 11.0. The van der Waals surface area contributed by atoms with E-state index in [1.54, 1.807) is 30.3 Å². The Hall–Kier alpha value is -3.21. The number of carbonyl (C=O) groups is 2. The summed E-state index contributed by atoms with van der Waals surface area (Å²) in [4.78, 5) is 25.1. The van der Waals surface area contributed by atoms with Gasteiger partial charge in [0.1, 0.15) is 17.1 Å². The first-order valence-corrected chi connectivity index (χ1v) is 11.9. The normalized spacial score (nSPS) is 11.9. The Balaban J connectivity index is 1.72. The molecule has 0 aliphatic heterocycles. The van der Waals surface area contributed by atoms with Gasteiger partial charge < -0.3 is 10.2 Å². The Morgan fingerprint density at radius 1 is 1.12 bits per heavy atom. The molecule has 1 aromatic heterocycles. The summed E-state index contributed by atoms with van der Waals surface area (Å²) in [6.07, 6.45) is 1.13. The molecule has 0 aliphatic rings. The van der Waals surface area contributed by atoms with E-state index < -0.39 is 23.9 Å². The molecule has 3 N–H and O–H groups in total. The molecule has 1 unspecified atom stereocenters. The first-order chi connectivity index (χ1) is 16.4. The van der Waals surface area contributed by atoms with Gasteiger partial charge >= 0.3 is 5.97 Å². The van der Waals surface area contributed by atoms with Gasteiger partial charge in [-0.1, -0.05) is 61.1 Å². The van der Waals surface area contributed by atoms with Gasteiger partial charge in [0.25, 0.3) is 5.91 Å². The number of anilines is 1. The number of amides is 1. The van der Waals surface area contributed by atoms with Crippen LogP contribution in [0, 0.1) is 5.82 Å². The molecule has 0 aliphatic carbocycles. The van der Waals surface area contributed by atoms with Gasteiger partial charge in [-0.2, -0.15) is 0 Å². The highest BCUT2D eigenvalue weighted by atomic mass is 32.1. The topological polar surface area (TPSA) is 116 Å². The van der Waals surface area contributed by atoms with Crippen molar-refractivity contribution < 1.29 is 24.2 Å². The fourth-order valence-electron chi connectivity index (χ4n) is 3.23. The minimum Gasteiger partial charge on any atom is -0.481 e. The number of aromatic nitrogens is 2. The van der Waals surface area contributed by atoms with Crippen molar-refractivity contribution >= 4 is 28.3 Å². The van der Waals surface area contributed by atoms with Crippen molar-refractivity contribution in [2.24, 2.45) is 0 Å². The molecule has 1 amide bonds. The Morgan fingerprint density at radius 3 is 2.53 bits per heavy atom. The van der Waals surface area contributed by atoms with Crippen LogP contribution in [0.2, 0.25) is 0 Å². The van der Waals surface area contributed by atoms with Gasteiger partial charge in [0.2, 0.25) is 5.13 Å². The summed E-state index contributed by atoms with van der Waals surface area (Å²) in [6, 6.07) is 12.9. The Morgan fingerprint density at radius 2 is 1.85 bits per heavy atom. The molecular formula is C24H27FN4O4S. The number of carboxylic acid groups (broad SMARTS) is 1. The third kappa shape index (κ3) is 6.66. The summed E-state index contributed by atoms with van der Waals surface area (Å²) in [5.74, 6) is -1.91. The van der Waals surface area contributed by atoms with Gasteiger partial charge in [-0.15, -0.1) is 10.2 Å². The molecule has 0 fully saturated rings. The van der Waals surface area contributed by atoms with Crippen LogP contribution in [0.15, 0.2) is 48.5 Å². The number of rotatable bonds is 12. The van der Waals surface area contributed by atoms with Gasteiger partial charge in [-0.3, -0.25) is 19.8 Å². The second kappa shape index (κ2) is 12.3. The monoisotopic (exact) mass is 486 g/mol. The van der Waals surface area contributed by atoms with E-state index in [2.05, 4.69) is 15.5 Å². The second-order valence-corrected chi connectivity index (χ2v) is 8.61. The highest BCUT2D eigenvalue weighted by molar-refractivity contribution is 7.18. The molecule has 0 bridgehead atoms. The number of aliphatic carboxylic acids is 1. The maximum atomic E-state index is 14.2. The lowest BCUT2D eigenvalue weighted by atomic mass is 10.1. The molecule has 180 valence electrons. The highest BCUT2D eigenvalue weighted by Crippen LogP contribution is 2.30. The van der Waals surface area contributed by atoms with Crippen LogP contribution in [0.1, 0.15) is 54.8 Å². The molecule has 34 heavy (non-hydrogen) atoms. The first kappa shape index (κ1) is 25.4. The average Bonchev–Trinajstić information content (AvgIpc) is 3.32. The number of benzene rings is 2. The molecular weight excluding hydrogens is 459 g/mol. The standard InChI is InChI=1S/C24H27FN4O4S/c1-2-3-15-29(23(33)18-7-4-5-8-19(18)25)24-28-27-22(34-24)17-12-10-16(11-13-17)21(32)26-14-6-9-20(30)31/h4-5,7-8,10-13,21,26,32H,2-3,6,9,14-15H2,1H3,(H,30,31). The number of carboxylic acids is 1. The Labute approximate surface area is 201 Å². The average molecular weight is 487 g/mol. The van der Waals surface area contributed by atoms with E-state index in [0.29, 0.717) is 35.2 Å². The number of unbranched alkanes of at least 4 members (excludes halogenated alkanes) is 1. The molecule has 0 radical (unpaired) electrons. The minimum atomic E-state index is -0.921. The zero-order chi connectivity index (χ0) is 24.5. The van der Waals surface area contributed by atoms with Crippen LogP contribution in [0.4, 0.5) is 9.52 Å². The Kier molecular flexibility index (Phi) is 9.20. The zero-order valence-corrected chi connectivity index (χ0v) is 19.6. The van der Waals surface area contributed by atoms with E-state index in [1.165, 1.54) is 34.4 Å². The number of carbonyl (C=O) groups excluding carboxylic acids is 1. The van der Waals surface area contributed by atoms with Crippen molar-refractivity contribution in [2.75, 3.05) is 18.0 Å². The predicted octanol–water partition coefficient (Wildman–Crippen LogP) is 4.24. The molecule has 0 saturated carbocycles. The van der Waals surface area contributed by atoms with Crippen molar-refractivity contribution in [3.05, 3.63) is 65.5 Å². The summed E-state index contributed by atoms with van der Waals surface area (Å²) in [5, 5.41) is 31.2. The summed E-state index contributed by atoms with van der Waals surface area (Å²) < 4.78 is 14.2. The predicted molar refractivity (Wildman–Crippen MR) is 128 cm³/mol. The third-order valence-electron chi connectivity index (χ3n) is 5.11. The van der Waals surface area contributed by atoms with Crippen molar-refractivity contribution in [3.8, 4) is 10.6 Å². The molecule has 2 aromatic carbocycles. The van der Waals surface area contributed by atoms with Crippen LogP contribution >= 0.6 is 11.3 Å².